The Balaban J connectivity index is 1.49. The van der Waals surface area contributed by atoms with Crippen molar-refractivity contribution in [2.45, 2.75) is 26.0 Å². The molecule has 1 N–H and O–H groups in total. The summed E-state index contributed by atoms with van der Waals surface area (Å²) in [7, 11) is 0. The predicted octanol–water partition coefficient (Wildman–Crippen LogP) is 4.58. The number of hydrogen-bond acceptors (Lipinski definition) is 4. The zero-order valence-corrected chi connectivity index (χ0v) is 16.7. The van der Waals surface area contributed by atoms with Gasteiger partial charge in [-0.3, -0.25) is 4.79 Å². The van der Waals surface area contributed by atoms with E-state index in [1.54, 1.807) is 18.3 Å². The highest BCUT2D eigenvalue weighted by atomic mass is 79.9. The van der Waals surface area contributed by atoms with Gasteiger partial charge in [0.05, 0.1) is 17.2 Å². The molecule has 0 saturated heterocycles. The van der Waals surface area contributed by atoms with Crippen LogP contribution in [0.5, 0.6) is 5.75 Å². The molecule has 2 aromatic carbocycles. The van der Waals surface area contributed by atoms with E-state index in [0.29, 0.717) is 12.3 Å². The number of hydrogen-bond donors (Lipinski definition) is 1. The summed E-state index contributed by atoms with van der Waals surface area (Å²) in [6, 6.07) is 17.6. The number of carbonyl (C=O) groups excluding carboxylic acids is 1. The van der Waals surface area contributed by atoms with E-state index in [0.717, 1.165) is 21.6 Å². The predicted molar refractivity (Wildman–Crippen MR) is 107 cm³/mol. The quantitative estimate of drug-likeness (QED) is 0.596. The number of carbonyl (C=O) groups is 1. The van der Waals surface area contributed by atoms with Crippen LogP contribution < -0.4 is 10.1 Å². The summed E-state index contributed by atoms with van der Waals surface area (Å²) < 4.78 is 6.62. The molecule has 0 fully saturated rings. The second kappa shape index (κ2) is 8.96. The Morgan fingerprint density at radius 2 is 1.92 bits per heavy atom. The van der Waals surface area contributed by atoms with E-state index in [2.05, 4.69) is 38.4 Å². The molecular weight excluding hydrogens is 412 g/mol. The highest BCUT2D eigenvalue weighted by Gasteiger charge is 2.15. The van der Waals surface area contributed by atoms with Crippen LogP contribution in [0.4, 0.5) is 0 Å². The number of aromatic nitrogens is 1. The summed E-state index contributed by atoms with van der Waals surface area (Å²) in [6.45, 7) is 2.14. The first-order valence-electron chi connectivity index (χ1n) is 8.27. The fourth-order valence-corrected chi connectivity index (χ4v) is 3.47. The Morgan fingerprint density at radius 3 is 2.65 bits per heavy atom. The number of nitrogens with zero attached hydrogens (tertiary/aromatic N) is 1. The minimum absolute atomic E-state index is 0.162. The molecule has 134 valence electrons. The molecule has 0 bridgehead atoms. The zero-order valence-electron chi connectivity index (χ0n) is 14.3. The summed E-state index contributed by atoms with van der Waals surface area (Å²) in [5, 5.41) is 5.90. The van der Waals surface area contributed by atoms with Gasteiger partial charge in [0.15, 0.2) is 6.10 Å². The van der Waals surface area contributed by atoms with Gasteiger partial charge in [-0.25, -0.2) is 4.98 Å². The molecule has 0 aliphatic heterocycles. The molecule has 0 aliphatic carbocycles. The maximum atomic E-state index is 12.2. The summed E-state index contributed by atoms with van der Waals surface area (Å²) in [6.07, 6.45) is 0.237. The largest absolute Gasteiger partial charge is 0.481 e. The van der Waals surface area contributed by atoms with Gasteiger partial charge in [0, 0.05) is 16.3 Å². The summed E-state index contributed by atoms with van der Waals surface area (Å²) in [5.41, 5.74) is 2.10. The van der Waals surface area contributed by atoms with Crippen molar-refractivity contribution >= 4 is 33.2 Å². The average Bonchev–Trinajstić information content (AvgIpc) is 3.09. The van der Waals surface area contributed by atoms with Crippen LogP contribution in [0.1, 0.15) is 23.2 Å². The standard InChI is InChI=1S/C20H19BrN2O2S/c1-14(25-18-9-7-16(21)8-10-18)20(24)22-12-17-13-26-19(23-17)11-15-5-3-2-4-6-15/h2-10,13-14H,11-12H2,1H3,(H,22,24). The second-order valence-corrected chi connectivity index (χ2v) is 7.69. The number of rotatable bonds is 7. The van der Waals surface area contributed by atoms with Gasteiger partial charge in [-0.15, -0.1) is 11.3 Å². The average molecular weight is 431 g/mol. The van der Waals surface area contributed by atoms with E-state index in [1.807, 2.05) is 47.8 Å². The number of benzene rings is 2. The minimum atomic E-state index is -0.571. The Morgan fingerprint density at radius 1 is 1.19 bits per heavy atom. The first-order valence-corrected chi connectivity index (χ1v) is 9.94. The van der Waals surface area contributed by atoms with Crippen molar-refractivity contribution < 1.29 is 9.53 Å². The molecule has 3 aromatic rings. The third-order valence-corrected chi connectivity index (χ3v) is 5.16. The van der Waals surface area contributed by atoms with Crippen molar-refractivity contribution in [3.8, 4) is 5.75 Å². The lowest BCUT2D eigenvalue weighted by atomic mass is 10.2. The van der Waals surface area contributed by atoms with Gasteiger partial charge < -0.3 is 10.1 Å². The van der Waals surface area contributed by atoms with Gasteiger partial charge in [-0.2, -0.15) is 0 Å². The lowest BCUT2D eigenvalue weighted by molar-refractivity contribution is -0.127. The van der Waals surface area contributed by atoms with E-state index in [1.165, 1.54) is 5.56 Å². The van der Waals surface area contributed by atoms with Crippen LogP contribution in [-0.2, 0) is 17.8 Å². The molecule has 0 radical (unpaired) electrons. The molecule has 0 spiro atoms. The summed E-state index contributed by atoms with van der Waals surface area (Å²) >= 11 is 4.98. The topological polar surface area (TPSA) is 51.2 Å². The molecule has 4 nitrogen and oxygen atoms in total. The Hall–Kier alpha value is -2.18. The number of nitrogens with one attached hydrogen (secondary N) is 1. The normalized spacial score (nSPS) is 11.8. The van der Waals surface area contributed by atoms with Gasteiger partial charge in [0.1, 0.15) is 5.75 Å². The van der Waals surface area contributed by atoms with Gasteiger partial charge in [-0.05, 0) is 36.8 Å². The smallest absolute Gasteiger partial charge is 0.261 e. The zero-order chi connectivity index (χ0) is 18.4. The van der Waals surface area contributed by atoms with Crippen molar-refractivity contribution in [2.75, 3.05) is 0 Å². The molecule has 6 heteroatoms. The second-order valence-electron chi connectivity index (χ2n) is 5.83. The third-order valence-electron chi connectivity index (χ3n) is 3.74. The molecule has 1 heterocycles. The van der Waals surface area contributed by atoms with Crippen LogP contribution >= 0.6 is 27.3 Å². The minimum Gasteiger partial charge on any atom is -0.481 e. The van der Waals surface area contributed by atoms with Gasteiger partial charge in [-0.1, -0.05) is 46.3 Å². The number of halogens is 1. The molecule has 1 amide bonds. The Bertz CT molecular complexity index is 850. The summed E-state index contributed by atoms with van der Waals surface area (Å²) in [5.74, 6) is 0.500. The molecule has 1 aromatic heterocycles. The van der Waals surface area contributed by atoms with Crippen LogP contribution in [0.3, 0.4) is 0 Å². The molecule has 0 saturated carbocycles. The first-order chi connectivity index (χ1) is 12.6. The molecular formula is C20H19BrN2O2S. The first kappa shape index (κ1) is 18.6. The Kier molecular flexibility index (Phi) is 6.41. The van der Waals surface area contributed by atoms with Crippen molar-refractivity contribution in [2.24, 2.45) is 0 Å². The van der Waals surface area contributed by atoms with Gasteiger partial charge >= 0.3 is 0 Å². The Labute approximate surface area is 165 Å². The molecule has 3 rings (SSSR count). The molecule has 1 unspecified atom stereocenters. The highest BCUT2D eigenvalue weighted by molar-refractivity contribution is 9.10. The molecule has 0 aliphatic rings. The van der Waals surface area contributed by atoms with Crippen molar-refractivity contribution in [1.29, 1.82) is 0 Å². The van der Waals surface area contributed by atoms with Crippen LogP contribution in [0, 0.1) is 0 Å². The van der Waals surface area contributed by atoms with Crippen molar-refractivity contribution in [1.82, 2.24) is 10.3 Å². The number of ether oxygens (including phenoxy) is 1. The van der Waals surface area contributed by atoms with E-state index < -0.39 is 6.10 Å². The van der Waals surface area contributed by atoms with E-state index in [4.69, 9.17) is 4.74 Å². The highest BCUT2D eigenvalue weighted by Crippen LogP contribution is 2.18. The number of thiazole rings is 1. The van der Waals surface area contributed by atoms with E-state index in [9.17, 15) is 4.79 Å². The lowest BCUT2D eigenvalue weighted by Crippen LogP contribution is -2.35. The monoisotopic (exact) mass is 430 g/mol. The third kappa shape index (κ3) is 5.41. The van der Waals surface area contributed by atoms with Gasteiger partial charge in [0.2, 0.25) is 0 Å². The SMILES string of the molecule is CC(Oc1ccc(Br)cc1)C(=O)NCc1csc(Cc2ccccc2)n1. The van der Waals surface area contributed by atoms with Crippen molar-refractivity contribution in [3.63, 3.8) is 0 Å². The summed E-state index contributed by atoms with van der Waals surface area (Å²) in [4.78, 5) is 16.8. The lowest BCUT2D eigenvalue weighted by Gasteiger charge is -2.14. The van der Waals surface area contributed by atoms with Crippen LogP contribution in [0.2, 0.25) is 0 Å². The van der Waals surface area contributed by atoms with Crippen molar-refractivity contribution in [3.05, 3.63) is 80.7 Å². The van der Waals surface area contributed by atoms with E-state index in [-0.39, 0.29) is 5.91 Å². The fourth-order valence-electron chi connectivity index (χ4n) is 2.37. The van der Waals surface area contributed by atoms with Crippen LogP contribution in [0.15, 0.2) is 64.5 Å². The maximum Gasteiger partial charge on any atom is 0.261 e. The van der Waals surface area contributed by atoms with Crippen LogP contribution in [0.25, 0.3) is 0 Å². The molecule has 26 heavy (non-hydrogen) atoms. The van der Waals surface area contributed by atoms with Gasteiger partial charge in [0.25, 0.3) is 5.91 Å². The molecule has 1 atom stereocenters. The number of amides is 1. The fraction of sp³-hybridized carbons (Fsp3) is 0.200. The van der Waals surface area contributed by atoms with Crippen LogP contribution in [-0.4, -0.2) is 17.0 Å². The maximum absolute atomic E-state index is 12.2. The van der Waals surface area contributed by atoms with E-state index >= 15 is 0 Å².